The van der Waals surface area contributed by atoms with E-state index in [4.69, 9.17) is 0 Å². The average Bonchev–Trinajstić information content (AvgIpc) is 2.84. The Balaban J connectivity index is 2.01. The number of rotatable bonds is 6. The van der Waals surface area contributed by atoms with Crippen molar-refractivity contribution < 1.29 is 0 Å². The van der Waals surface area contributed by atoms with Crippen molar-refractivity contribution in [3.8, 4) is 0 Å². The average molecular weight is 556 g/mol. The van der Waals surface area contributed by atoms with E-state index in [1.165, 1.54) is 21.2 Å². The third-order valence-corrected chi connectivity index (χ3v) is 25.5. The second kappa shape index (κ2) is 9.51. The van der Waals surface area contributed by atoms with Gasteiger partial charge in [0.15, 0.2) is 0 Å². The van der Waals surface area contributed by atoms with Crippen LogP contribution in [0.3, 0.4) is 0 Å². The van der Waals surface area contributed by atoms with Crippen LogP contribution < -0.4 is 21.2 Å². The van der Waals surface area contributed by atoms with Crippen LogP contribution in [0.1, 0.15) is 6.92 Å². The SMILES string of the molecule is CC(P(=[Se])(c1ccccc1)c1ccccc1)P(=[Se])(c1ccccc1)c1ccccc1. The van der Waals surface area contributed by atoms with E-state index in [0.29, 0.717) is 5.40 Å². The van der Waals surface area contributed by atoms with Crippen LogP contribution in [0, 0.1) is 0 Å². The Morgan fingerprint density at radius 2 is 0.633 bits per heavy atom. The van der Waals surface area contributed by atoms with E-state index in [2.05, 4.69) is 158 Å². The van der Waals surface area contributed by atoms with Crippen LogP contribution in [0.15, 0.2) is 121 Å². The molecule has 0 aromatic heterocycles. The van der Waals surface area contributed by atoms with Crippen LogP contribution in [0.4, 0.5) is 0 Å². The van der Waals surface area contributed by atoms with Crippen LogP contribution in [0.2, 0.25) is 0 Å². The maximum atomic E-state index is 3.79. The summed E-state index contributed by atoms with van der Waals surface area (Å²) in [6.07, 6.45) is 0. The van der Waals surface area contributed by atoms with Gasteiger partial charge in [0.1, 0.15) is 0 Å². The molecule has 150 valence electrons. The van der Waals surface area contributed by atoms with Gasteiger partial charge in [-0.15, -0.1) is 0 Å². The first-order valence-corrected chi connectivity index (χ1v) is 18.1. The summed E-state index contributed by atoms with van der Waals surface area (Å²) < 4.78 is 0. The molecule has 0 bridgehead atoms. The molecule has 0 unspecified atom stereocenters. The number of benzene rings is 4. The molecule has 0 nitrogen and oxygen atoms in total. The molecule has 0 atom stereocenters. The first kappa shape index (κ1) is 22.0. The molecule has 0 N–H and O–H groups in total. The van der Waals surface area contributed by atoms with Gasteiger partial charge in [-0.3, -0.25) is 0 Å². The molecule has 4 rings (SSSR count). The van der Waals surface area contributed by atoms with E-state index >= 15 is 0 Å². The van der Waals surface area contributed by atoms with E-state index in [1.54, 1.807) is 0 Å². The molecule has 4 aromatic carbocycles. The van der Waals surface area contributed by atoms with Crippen molar-refractivity contribution in [1.29, 1.82) is 0 Å². The molecule has 4 aromatic rings. The van der Waals surface area contributed by atoms with Gasteiger partial charge in [-0.1, -0.05) is 0 Å². The van der Waals surface area contributed by atoms with Gasteiger partial charge >= 0.3 is 196 Å². The zero-order valence-corrected chi connectivity index (χ0v) is 22.1. The fourth-order valence-electron chi connectivity index (χ4n) is 3.99. The zero-order chi connectivity index (χ0) is 21.0. The van der Waals surface area contributed by atoms with Gasteiger partial charge in [0, 0.05) is 0 Å². The van der Waals surface area contributed by atoms with Crippen molar-refractivity contribution in [1.82, 2.24) is 0 Å². The molecular weight excluding hydrogens is 532 g/mol. The van der Waals surface area contributed by atoms with Crippen LogP contribution in [0.5, 0.6) is 0 Å². The van der Waals surface area contributed by atoms with Crippen LogP contribution in [-0.4, -0.2) is 35.6 Å². The van der Waals surface area contributed by atoms with Crippen LogP contribution in [-0.2, 0) is 0 Å². The van der Waals surface area contributed by atoms with E-state index < -0.39 is 11.0 Å². The van der Waals surface area contributed by atoms with Gasteiger partial charge in [-0.25, -0.2) is 0 Å². The topological polar surface area (TPSA) is 0 Å². The quantitative estimate of drug-likeness (QED) is 0.236. The Morgan fingerprint density at radius 1 is 0.433 bits per heavy atom. The molecule has 0 aliphatic carbocycles. The van der Waals surface area contributed by atoms with Gasteiger partial charge in [0.2, 0.25) is 0 Å². The summed E-state index contributed by atoms with van der Waals surface area (Å²) in [5, 5.41) is 6.05. The number of hydrogen-bond donors (Lipinski definition) is 0. The van der Waals surface area contributed by atoms with E-state index in [1.807, 2.05) is 0 Å². The van der Waals surface area contributed by atoms with Crippen LogP contribution >= 0.6 is 11.0 Å². The normalized spacial score (nSPS) is 12.1. The Kier molecular flexibility index (Phi) is 6.97. The minimum absolute atomic E-state index is 0.402. The van der Waals surface area contributed by atoms with Gasteiger partial charge < -0.3 is 0 Å². The number of hydrogen-bond acceptors (Lipinski definition) is 0. The van der Waals surface area contributed by atoms with Gasteiger partial charge in [-0.05, 0) is 0 Å². The van der Waals surface area contributed by atoms with E-state index in [-0.39, 0.29) is 0 Å². The second-order valence-corrected chi connectivity index (χ2v) is 21.2. The molecule has 0 radical (unpaired) electrons. The molecule has 4 heteroatoms. The molecule has 0 saturated carbocycles. The van der Waals surface area contributed by atoms with Crippen molar-refractivity contribution in [2.24, 2.45) is 0 Å². The summed E-state index contributed by atoms with van der Waals surface area (Å²) in [6.45, 7) is 2.45. The van der Waals surface area contributed by atoms with Crippen molar-refractivity contribution >= 4 is 62.4 Å². The predicted molar refractivity (Wildman–Crippen MR) is 139 cm³/mol. The summed E-state index contributed by atoms with van der Waals surface area (Å²) in [5.41, 5.74) is -3.65. The van der Waals surface area contributed by atoms with Gasteiger partial charge in [-0.2, -0.15) is 0 Å². The molecular formula is C26H24P2Se2. The van der Waals surface area contributed by atoms with Crippen molar-refractivity contribution in [3.05, 3.63) is 121 Å². The predicted octanol–water partition coefficient (Wildman–Crippen LogP) is 4.84. The fourth-order valence-corrected chi connectivity index (χ4v) is 23.3. The van der Waals surface area contributed by atoms with E-state index in [0.717, 1.165) is 0 Å². The molecule has 0 heterocycles. The Labute approximate surface area is 195 Å². The summed E-state index contributed by atoms with van der Waals surface area (Å²) >= 11 is 7.57. The summed E-state index contributed by atoms with van der Waals surface area (Å²) in [5.74, 6) is 0. The summed E-state index contributed by atoms with van der Waals surface area (Å²) in [6, 6.07) is 44.2. The zero-order valence-electron chi connectivity index (χ0n) is 16.8. The molecule has 0 amide bonds. The minimum atomic E-state index is -1.82. The Hall–Kier alpha value is -1.22. The van der Waals surface area contributed by atoms with Crippen molar-refractivity contribution in [2.45, 2.75) is 12.3 Å². The van der Waals surface area contributed by atoms with Crippen molar-refractivity contribution in [3.63, 3.8) is 0 Å². The Bertz CT molecular complexity index is 1010. The maximum absolute atomic E-state index is 3.79. The molecule has 0 fully saturated rings. The molecule has 0 aliphatic heterocycles. The third kappa shape index (κ3) is 3.99. The van der Waals surface area contributed by atoms with Crippen LogP contribution in [0.25, 0.3) is 0 Å². The first-order valence-electron chi connectivity index (χ1n) is 10.00. The first-order chi connectivity index (χ1) is 14.6. The summed E-state index contributed by atoms with van der Waals surface area (Å²) in [7, 11) is 0. The fraction of sp³-hybridized carbons (Fsp3) is 0.0769. The Morgan fingerprint density at radius 3 is 0.833 bits per heavy atom. The van der Waals surface area contributed by atoms with Gasteiger partial charge in [0.05, 0.1) is 0 Å². The second-order valence-electron chi connectivity index (χ2n) is 7.29. The summed E-state index contributed by atoms with van der Waals surface area (Å²) in [4.78, 5) is 0. The standard InChI is InChI=1S/C26H24P2Se2/c1-22(27(29,23-14-6-2-7-15-23)24-16-8-3-9-17-24)28(30,25-18-10-4-11-19-25)26-20-12-5-13-21-26/h2-22H,1H3. The molecule has 0 saturated heterocycles. The van der Waals surface area contributed by atoms with E-state index in [9.17, 15) is 0 Å². The molecule has 30 heavy (non-hydrogen) atoms. The molecule has 0 spiro atoms. The van der Waals surface area contributed by atoms with Gasteiger partial charge in [0.25, 0.3) is 0 Å². The monoisotopic (exact) mass is 558 g/mol. The molecule has 0 aliphatic rings. The third-order valence-electron chi connectivity index (χ3n) is 5.61. The van der Waals surface area contributed by atoms with Crippen molar-refractivity contribution in [2.75, 3.05) is 0 Å².